The van der Waals surface area contributed by atoms with Crippen LogP contribution in [0.3, 0.4) is 0 Å². The summed E-state index contributed by atoms with van der Waals surface area (Å²) >= 11 is 7.58. The van der Waals surface area contributed by atoms with Gasteiger partial charge in [0.15, 0.2) is 17.2 Å². The van der Waals surface area contributed by atoms with Gasteiger partial charge in [0.05, 0.1) is 12.0 Å². The van der Waals surface area contributed by atoms with E-state index in [2.05, 4.69) is 0 Å². The number of thiophene rings is 1. The summed E-state index contributed by atoms with van der Waals surface area (Å²) in [5, 5.41) is 9.09. The zero-order valence-corrected chi connectivity index (χ0v) is 19.6. The number of carboxylic acids is 1. The average Bonchev–Trinajstić information content (AvgIpc) is 3.12. The predicted molar refractivity (Wildman–Crippen MR) is 122 cm³/mol. The molecule has 0 radical (unpaired) electrons. The molecule has 1 aromatic carbocycles. The van der Waals surface area contributed by atoms with Crippen molar-refractivity contribution in [1.82, 2.24) is 4.90 Å². The summed E-state index contributed by atoms with van der Waals surface area (Å²) in [6, 6.07) is 7.85. The third-order valence-corrected chi connectivity index (χ3v) is 7.15. The number of halogens is 1. The number of amides is 1. The van der Waals surface area contributed by atoms with Crippen molar-refractivity contribution in [1.29, 1.82) is 0 Å². The van der Waals surface area contributed by atoms with Gasteiger partial charge in [-0.3, -0.25) is 4.79 Å². The second-order valence-corrected chi connectivity index (χ2v) is 9.12. The number of esters is 1. The second-order valence-electron chi connectivity index (χ2n) is 7.72. The fraction of sp³-hybridized carbons (Fsp3) is 0.435. The maximum absolute atomic E-state index is 12.3. The zero-order valence-electron chi connectivity index (χ0n) is 18.1. The van der Waals surface area contributed by atoms with E-state index in [0.717, 1.165) is 48.1 Å². The molecule has 1 amide bonds. The number of nitrogens with zero attached hydrogens (tertiary/aromatic N) is 1. The number of carbonyl (C=O) groups is 3. The summed E-state index contributed by atoms with van der Waals surface area (Å²) in [6.45, 7) is 1.46. The Labute approximate surface area is 195 Å². The van der Waals surface area contributed by atoms with Gasteiger partial charge in [0, 0.05) is 19.5 Å². The van der Waals surface area contributed by atoms with Crippen molar-refractivity contribution in [3.05, 3.63) is 39.7 Å². The summed E-state index contributed by atoms with van der Waals surface area (Å²) in [5.74, 6) is -1.79. The Hall–Kier alpha value is -2.58. The lowest BCUT2D eigenvalue weighted by Crippen LogP contribution is -2.39. The second kappa shape index (κ2) is 10.8. The van der Waals surface area contributed by atoms with Crippen LogP contribution in [0.25, 0.3) is 10.4 Å². The molecule has 7 nitrogen and oxygen atoms in total. The predicted octanol–water partition coefficient (Wildman–Crippen LogP) is 5.00. The fourth-order valence-corrected chi connectivity index (χ4v) is 5.45. The van der Waals surface area contributed by atoms with Crippen molar-refractivity contribution in [2.75, 3.05) is 13.7 Å². The Morgan fingerprint density at radius 2 is 1.94 bits per heavy atom. The van der Waals surface area contributed by atoms with Gasteiger partial charge in [0.2, 0.25) is 5.91 Å². The maximum atomic E-state index is 12.3. The number of hydrogen-bond donors (Lipinski definition) is 1. The minimum Gasteiger partial charge on any atom is -0.479 e. The Kier molecular flexibility index (Phi) is 8.15. The monoisotopic (exact) mass is 479 g/mol. The standard InChI is InChI=1S/C23H26ClNO6S/c1-14(26)25(17-9-4-3-5-10-17)12-15-7-6-8-16(11-15)21-19(24)20(31-13-18(27)28)22(32-21)23(29)30-2/h6-8,11,17H,3-5,9-10,12-13H2,1-2H3,(H,27,28). The minimum absolute atomic E-state index is 0.00103. The van der Waals surface area contributed by atoms with Crippen LogP contribution in [-0.4, -0.2) is 47.6 Å². The van der Waals surface area contributed by atoms with Crippen molar-refractivity contribution in [2.24, 2.45) is 0 Å². The van der Waals surface area contributed by atoms with E-state index >= 15 is 0 Å². The molecule has 0 atom stereocenters. The molecular formula is C23H26ClNO6S. The Morgan fingerprint density at radius 3 is 2.56 bits per heavy atom. The van der Waals surface area contributed by atoms with E-state index in [4.69, 9.17) is 26.2 Å². The van der Waals surface area contributed by atoms with Crippen LogP contribution in [-0.2, 0) is 20.9 Å². The smallest absolute Gasteiger partial charge is 0.351 e. The highest BCUT2D eigenvalue weighted by atomic mass is 35.5. The van der Waals surface area contributed by atoms with Crippen LogP contribution in [0, 0.1) is 0 Å². The molecule has 0 spiro atoms. The van der Waals surface area contributed by atoms with Crippen LogP contribution in [0.2, 0.25) is 5.02 Å². The highest BCUT2D eigenvalue weighted by molar-refractivity contribution is 7.18. The van der Waals surface area contributed by atoms with Crippen molar-refractivity contribution < 1.29 is 29.0 Å². The summed E-state index contributed by atoms with van der Waals surface area (Å²) in [7, 11) is 1.23. The first-order chi connectivity index (χ1) is 15.3. The summed E-state index contributed by atoms with van der Waals surface area (Å²) in [4.78, 5) is 38.1. The highest BCUT2D eigenvalue weighted by Crippen LogP contribution is 2.46. The van der Waals surface area contributed by atoms with Crippen molar-refractivity contribution in [2.45, 2.75) is 51.6 Å². The third-order valence-electron chi connectivity index (χ3n) is 5.48. The Bertz CT molecular complexity index is 998. The van der Waals surface area contributed by atoms with Gasteiger partial charge >= 0.3 is 11.9 Å². The van der Waals surface area contributed by atoms with Gasteiger partial charge < -0.3 is 19.5 Å². The van der Waals surface area contributed by atoms with Crippen LogP contribution < -0.4 is 4.74 Å². The number of rotatable bonds is 8. The molecule has 0 bridgehead atoms. The molecule has 3 rings (SSSR count). The van der Waals surface area contributed by atoms with Crippen LogP contribution in [0.4, 0.5) is 0 Å². The van der Waals surface area contributed by atoms with E-state index in [1.54, 1.807) is 6.92 Å². The molecule has 0 saturated heterocycles. The van der Waals surface area contributed by atoms with Crippen molar-refractivity contribution >= 4 is 40.8 Å². The number of methoxy groups -OCH3 is 1. The van der Waals surface area contributed by atoms with Gasteiger partial charge in [-0.2, -0.15) is 0 Å². The first kappa shape index (κ1) is 24.1. The number of carbonyl (C=O) groups excluding carboxylic acids is 2. The van der Waals surface area contributed by atoms with Gasteiger partial charge in [-0.25, -0.2) is 9.59 Å². The first-order valence-corrected chi connectivity index (χ1v) is 11.6. The van der Waals surface area contributed by atoms with E-state index < -0.39 is 18.5 Å². The lowest BCUT2D eigenvalue weighted by atomic mass is 9.93. The van der Waals surface area contributed by atoms with E-state index in [0.29, 0.717) is 11.4 Å². The topological polar surface area (TPSA) is 93.1 Å². The van der Waals surface area contributed by atoms with E-state index in [1.807, 2.05) is 29.2 Å². The normalized spacial score (nSPS) is 14.1. The Balaban J connectivity index is 1.91. The summed E-state index contributed by atoms with van der Waals surface area (Å²) < 4.78 is 10.1. The van der Waals surface area contributed by atoms with Gasteiger partial charge in [0.1, 0.15) is 5.02 Å². The highest BCUT2D eigenvalue weighted by Gasteiger charge is 2.27. The van der Waals surface area contributed by atoms with Crippen molar-refractivity contribution in [3.8, 4) is 16.2 Å². The molecule has 1 N–H and O–H groups in total. The summed E-state index contributed by atoms with van der Waals surface area (Å²) in [5.41, 5.74) is 1.69. The molecule has 1 aliphatic rings. The van der Waals surface area contributed by atoms with Crippen LogP contribution in [0.5, 0.6) is 5.75 Å². The lowest BCUT2D eigenvalue weighted by molar-refractivity contribution is -0.139. The molecular weight excluding hydrogens is 454 g/mol. The molecule has 2 aromatic rings. The van der Waals surface area contributed by atoms with Gasteiger partial charge in [-0.1, -0.05) is 49.1 Å². The van der Waals surface area contributed by atoms with E-state index in [-0.39, 0.29) is 27.6 Å². The molecule has 9 heteroatoms. The van der Waals surface area contributed by atoms with Crippen molar-refractivity contribution in [3.63, 3.8) is 0 Å². The van der Waals surface area contributed by atoms with Gasteiger partial charge in [0.25, 0.3) is 0 Å². The quantitative estimate of drug-likeness (QED) is 0.535. The SMILES string of the molecule is COC(=O)c1sc(-c2cccc(CN(C(C)=O)C3CCCCC3)c2)c(Cl)c1OCC(=O)O. The zero-order chi connectivity index (χ0) is 23.3. The number of benzene rings is 1. The van der Waals surface area contributed by atoms with Crippen LogP contribution in [0.1, 0.15) is 54.3 Å². The minimum atomic E-state index is -1.18. The molecule has 0 unspecified atom stereocenters. The molecule has 1 aromatic heterocycles. The first-order valence-electron chi connectivity index (χ1n) is 10.4. The number of ether oxygens (including phenoxy) is 2. The largest absolute Gasteiger partial charge is 0.479 e. The molecule has 0 aliphatic heterocycles. The lowest BCUT2D eigenvalue weighted by Gasteiger charge is -2.34. The number of carboxylic acid groups (broad SMARTS) is 1. The molecule has 1 aliphatic carbocycles. The molecule has 1 heterocycles. The van der Waals surface area contributed by atoms with Crippen LogP contribution in [0.15, 0.2) is 24.3 Å². The van der Waals surface area contributed by atoms with Crippen LogP contribution >= 0.6 is 22.9 Å². The Morgan fingerprint density at radius 1 is 1.22 bits per heavy atom. The van der Waals surface area contributed by atoms with E-state index in [9.17, 15) is 14.4 Å². The number of aliphatic carboxylic acids is 1. The maximum Gasteiger partial charge on any atom is 0.351 e. The summed E-state index contributed by atoms with van der Waals surface area (Å²) in [6.07, 6.45) is 5.51. The molecule has 172 valence electrons. The fourth-order valence-electron chi connectivity index (χ4n) is 3.97. The number of hydrogen-bond acceptors (Lipinski definition) is 6. The van der Waals surface area contributed by atoms with Gasteiger partial charge in [-0.05, 0) is 30.0 Å². The average molecular weight is 480 g/mol. The third kappa shape index (κ3) is 5.61. The molecule has 1 fully saturated rings. The van der Waals surface area contributed by atoms with Gasteiger partial charge in [-0.15, -0.1) is 11.3 Å². The molecule has 1 saturated carbocycles. The molecule has 32 heavy (non-hydrogen) atoms. The van der Waals surface area contributed by atoms with E-state index in [1.165, 1.54) is 13.5 Å².